The SMILES string of the molecule is NC(=S)NN=Cc1ccc(N2CCOCC2)cc1O. The van der Waals surface area contributed by atoms with Crippen molar-refractivity contribution in [1.82, 2.24) is 5.43 Å². The van der Waals surface area contributed by atoms with Crippen molar-refractivity contribution < 1.29 is 9.84 Å². The Balaban J connectivity index is 2.07. The molecule has 1 aliphatic heterocycles. The number of rotatable bonds is 3. The van der Waals surface area contributed by atoms with E-state index in [4.69, 9.17) is 10.5 Å². The Kier molecular flexibility index (Phi) is 4.53. The number of phenols is 1. The van der Waals surface area contributed by atoms with Gasteiger partial charge in [0.25, 0.3) is 0 Å². The zero-order valence-corrected chi connectivity index (χ0v) is 11.2. The van der Waals surface area contributed by atoms with Gasteiger partial charge in [-0.25, -0.2) is 0 Å². The number of hydrogen-bond donors (Lipinski definition) is 3. The number of aromatic hydroxyl groups is 1. The lowest BCUT2D eigenvalue weighted by atomic mass is 10.2. The van der Waals surface area contributed by atoms with E-state index in [9.17, 15) is 5.11 Å². The summed E-state index contributed by atoms with van der Waals surface area (Å²) >= 11 is 4.62. The van der Waals surface area contributed by atoms with Gasteiger partial charge in [0.1, 0.15) is 5.75 Å². The quantitative estimate of drug-likeness (QED) is 0.422. The molecule has 0 unspecified atom stereocenters. The zero-order valence-electron chi connectivity index (χ0n) is 10.4. The molecule has 4 N–H and O–H groups in total. The molecule has 2 rings (SSSR count). The first-order valence-electron chi connectivity index (χ1n) is 5.91. The standard InChI is InChI=1S/C12H16N4O2S/c13-12(19)15-14-8-9-1-2-10(7-11(9)17)16-3-5-18-6-4-16/h1-2,7-8,17H,3-6H2,(H3,13,15,19). The van der Waals surface area contributed by atoms with Crippen molar-refractivity contribution >= 4 is 29.2 Å². The second-order valence-electron chi connectivity index (χ2n) is 4.08. The van der Waals surface area contributed by atoms with Gasteiger partial charge in [0.2, 0.25) is 0 Å². The summed E-state index contributed by atoms with van der Waals surface area (Å²) in [5.74, 6) is 0.164. The second kappa shape index (κ2) is 6.35. The number of morpholine rings is 1. The second-order valence-corrected chi connectivity index (χ2v) is 4.52. The first kappa shape index (κ1) is 13.6. The topological polar surface area (TPSA) is 83.1 Å². The minimum absolute atomic E-state index is 0.0840. The number of nitrogens with zero attached hydrogens (tertiary/aromatic N) is 2. The average Bonchev–Trinajstić information content (AvgIpc) is 2.41. The van der Waals surface area contributed by atoms with Gasteiger partial charge in [-0.3, -0.25) is 5.43 Å². The predicted octanol–water partition coefficient (Wildman–Crippen LogP) is 0.396. The molecule has 1 aromatic carbocycles. The maximum Gasteiger partial charge on any atom is 0.184 e. The Labute approximate surface area is 116 Å². The molecular weight excluding hydrogens is 264 g/mol. The van der Waals surface area contributed by atoms with E-state index < -0.39 is 0 Å². The molecule has 1 fully saturated rings. The average molecular weight is 280 g/mol. The molecule has 0 aliphatic carbocycles. The number of phenolic OH excluding ortho intramolecular Hbond substituents is 1. The summed E-state index contributed by atoms with van der Waals surface area (Å²) in [5.41, 5.74) is 9.25. The van der Waals surface area contributed by atoms with Crippen LogP contribution in [0.3, 0.4) is 0 Å². The van der Waals surface area contributed by atoms with Crippen LogP contribution in [0.25, 0.3) is 0 Å². The zero-order chi connectivity index (χ0) is 13.7. The maximum atomic E-state index is 9.95. The number of anilines is 1. The third kappa shape index (κ3) is 3.80. The highest BCUT2D eigenvalue weighted by Gasteiger charge is 2.12. The van der Waals surface area contributed by atoms with Crippen molar-refractivity contribution in [2.24, 2.45) is 10.8 Å². The number of thiocarbonyl (C=S) groups is 1. The van der Waals surface area contributed by atoms with Gasteiger partial charge in [-0.05, 0) is 24.4 Å². The van der Waals surface area contributed by atoms with Crippen molar-refractivity contribution in [2.45, 2.75) is 0 Å². The Morgan fingerprint density at radius 2 is 2.21 bits per heavy atom. The van der Waals surface area contributed by atoms with Crippen LogP contribution < -0.4 is 16.1 Å². The Hall–Kier alpha value is -1.86. The number of hydrogen-bond acceptors (Lipinski definition) is 5. The summed E-state index contributed by atoms with van der Waals surface area (Å²) in [7, 11) is 0. The molecule has 102 valence electrons. The minimum atomic E-state index is 0.0840. The lowest BCUT2D eigenvalue weighted by Gasteiger charge is -2.29. The number of ether oxygens (including phenoxy) is 1. The number of benzene rings is 1. The van der Waals surface area contributed by atoms with Crippen LogP contribution in [0.15, 0.2) is 23.3 Å². The van der Waals surface area contributed by atoms with Crippen molar-refractivity contribution in [3.63, 3.8) is 0 Å². The molecule has 1 aromatic rings. The van der Waals surface area contributed by atoms with Crippen LogP contribution in [0.5, 0.6) is 5.75 Å². The molecule has 0 atom stereocenters. The molecule has 0 bridgehead atoms. The third-order valence-corrected chi connectivity index (χ3v) is 2.86. The highest BCUT2D eigenvalue weighted by atomic mass is 32.1. The summed E-state index contributed by atoms with van der Waals surface area (Å²) in [6.07, 6.45) is 1.47. The molecule has 0 radical (unpaired) electrons. The van der Waals surface area contributed by atoms with Gasteiger partial charge in [-0.15, -0.1) is 0 Å². The fourth-order valence-electron chi connectivity index (χ4n) is 1.82. The van der Waals surface area contributed by atoms with E-state index in [0.717, 1.165) is 18.8 Å². The Morgan fingerprint density at radius 3 is 2.84 bits per heavy atom. The fourth-order valence-corrected chi connectivity index (χ4v) is 1.88. The normalized spacial score (nSPS) is 15.7. The number of nitrogens with one attached hydrogen (secondary N) is 1. The number of nitrogens with two attached hydrogens (primary N) is 1. The highest BCUT2D eigenvalue weighted by Crippen LogP contribution is 2.24. The van der Waals surface area contributed by atoms with E-state index in [1.807, 2.05) is 6.07 Å². The van der Waals surface area contributed by atoms with Gasteiger partial charge in [0.15, 0.2) is 5.11 Å². The minimum Gasteiger partial charge on any atom is -0.507 e. The van der Waals surface area contributed by atoms with Crippen LogP contribution in [-0.2, 0) is 4.74 Å². The van der Waals surface area contributed by atoms with Crippen molar-refractivity contribution in [3.05, 3.63) is 23.8 Å². The molecule has 0 aromatic heterocycles. The molecule has 0 spiro atoms. The summed E-state index contributed by atoms with van der Waals surface area (Å²) in [4.78, 5) is 2.16. The van der Waals surface area contributed by atoms with Crippen LogP contribution in [0.2, 0.25) is 0 Å². The van der Waals surface area contributed by atoms with E-state index >= 15 is 0 Å². The lowest BCUT2D eigenvalue weighted by molar-refractivity contribution is 0.122. The van der Waals surface area contributed by atoms with Crippen LogP contribution in [-0.4, -0.2) is 42.7 Å². The third-order valence-electron chi connectivity index (χ3n) is 2.77. The Morgan fingerprint density at radius 1 is 1.47 bits per heavy atom. The molecular formula is C12H16N4O2S. The van der Waals surface area contributed by atoms with Gasteiger partial charge in [-0.2, -0.15) is 5.10 Å². The smallest absolute Gasteiger partial charge is 0.184 e. The van der Waals surface area contributed by atoms with Crippen molar-refractivity contribution in [2.75, 3.05) is 31.2 Å². The van der Waals surface area contributed by atoms with E-state index in [0.29, 0.717) is 18.8 Å². The molecule has 19 heavy (non-hydrogen) atoms. The summed E-state index contributed by atoms with van der Waals surface area (Å²) < 4.78 is 5.29. The molecule has 0 amide bonds. The van der Waals surface area contributed by atoms with E-state index in [1.165, 1.54) is 6.21 Å². The maximum absolute atomic E-state index is 9.95. The summed E-state index contributed by atoms with van der Waals surface area (Å²) in [5, 5.41) is 13.8. The summed E-state index contributed by atoms with van der Waals surface area (Å²) in [6.45, 7) is 3.08. The first-order chi connectivity index (χ1) is 9.16. The lowest BCUT2D eigenvalue weighted by Crippen LogP contribution is -2.36. The Bertz CT molecular complexity index is 487. The van der Waals surface area contributed by atoms with E-state index in [-0.39, 0.29) is 10.9 Å². The van der Waals surface area contributed by atoms with Crippen LogP contribution in [0.1, 0.15) is 5.56 Å². The molecule has 6 nitrogen and oxygen atoms in total. The summed E-state index contributed by atoms with van der Waals surface area (Å²) in [6, 6.07) is 5.45. The highest BCUT2D eigenvalue weighted by molar-refractivity contribution is 7.80. The van der Waals surface area contributed by atoms with Crippen molar-refractivity contribution in [1.29, 1.82) is 0 Å². The molecule has 1 heterocycles. The van der Waals surface area contributed by atoms with Gasteiger partial charge in [0, 0.05) is 30.4 Å². The molecule has 7 heteroatoms. The number of hydrazone groups is 1. The van der Waals surface area contributed by atoms with Gasteiger partial charge >= 0.3 is 0 Å². The van der Waals surface area contributed by atoms with E-state index in [1.54, 1.807) is 12.1 Å². The monoisotopic (exact) mass is 280 g/mol. The fraction of sp³-hybridized carbons (Fsp3) is 0.333. The van der Waals surface area contributed by atoms with Crippen LogP contribution in [0, 0.1) is 0 Å². The van der Waals surface area contributed by atoms with Gasteiger partial charge in [-0.1, -0.05) is 0 Å². The van der Waals surface area contributed by atoms with E-state index in [2.05, 4.69) is 27.6 Å². The van der Waals surface area contributed by atoms with Crippen molar-refractivity contribution in [3.8, 4) is 5.75 Å². The predicted molar refractivity (Wildman–Crippen MR) is 78.7 cm³/mol. The molecule has 0 saturated carbocycles. The van der Waals surface area contributed by atoms with Gasteiger partial charge in [0.05, 0.1) is 19.4 Å². The van der Waals surface area contributed by atoms with Crippen LogP contribution in [0.4, 0.5) is 5.69 Å². The molecule has 1 aliphatic rings. The molecule has 1 saturated heterocycles. The largest absolute Gasteiger partial charge is 0.507 e. The van der Waals surface area contributed by atoms with Crippen LogP contribution >= 0.6 is 12.2 Å². The van der Waals surface area contributed by atoms with Gasteiger partial charge < -0.3 is 20.5 Å². The first-order valence-corrected chi connectivity index (χ1v) is 6.32.